The van der Waals surface area contributed by atoms with E-state index in [1.807, 2.05) is 48.9 Å². The first-order chi connectivity index (χ1) is 11.5. The predicted molar refractivity (Wildman–Crippen MR) is 98.4 cm³/mol. The van der Waals surface area contributed by atoms with Gasteiger partial charge in [0, 0.05) is 29.1 Å². The third-order valence-corrected chi connectivity index (χ3v) is 4.46. The van der Waals surface area contributed by atoms with Crippen LogP contribution in [0.15, 0.2) is 46.3 Å². The maximum atomic E-state index is 11.8. The van der Waals surface area contributed by atoms with Crippen LogP contribution in [0.4, 0.5) is 4.79 Å². The zero-order chi connectivity index (χ0) is 17.5. The van der Waals surface area contributed by atoms with Crippen molar-refractivity contribution in [2.24, 2.45) is 5.92 Å². The summed E-state index contributed by atoms with van der Waals surface area (Å²) < 4.78 is 2.89. The quantitative estimate of drug-likeness (QED) is 0.716. The molecule has 0 atom stereocenters. The van der Waals surface area contributed by atoms with Gasteiger partial charge in [-0.15, -0.1) is 0 Å². The highest BCUT2D eigenvalue weighted by molar-refractivity contribution is 9.10. The molecule has 24 heavy (non-hydrogen) atoms. The lowest BCUT2D eigenvalue weighted by Crippen LogP contribution is -2.41. The van der Waals surface area contributed by atoms with Crippen LogP contribution in [-0.4, -0.2) is 33.8 Å². The van der Waals surface area contributed by atoms with Gasteiger partial charge in [-0.2, -0.15) is 0 Å². The zero-order valence-electron chi connectivity index (χ0n) is 13.5. The number of benzene rings is 1. The maximum absolute atomic E-state index is 11.8. The van der Waals surface area contributed by atoms with E-state index in [4.69, 9.17) is 0 Å². The number of amides is 3. The van der Waals surface area contributed by atoms with Crippen LogP contribution >= 0.6 is 27.7 Å². The number of nitrogens with one attached hydrogen (secondary N) is 2. The number of aromatic nitrogens is 2. The highest BCUT2D eigenvalue weighted by Crippen LogP contribution is 2.21. The van der Waals surface area contributed by atoms with Crippen LogP contribution in [0.2, 0.25) is 0 Å². The molecule has 0 aliphatic rings. The van der Waals surface area contributed by atoms with Gasteiger partial charge >= 0.3 is 6.03 Å². The fourth-order valence-electron chi connectivity index (χ4n) is 1.83. The molecule has 2 aromatic rings. The summed E-state index contributed by atoms with van der Waals surface area (Å²) in [5, 5.41) is 5.64. The molecule has 2 rings (SSSR count). The Hall–Kier alpha value is -1.80. The van der Waals surface area contributed by atoms with Crippen molar-refractivity contribution in [2.75, 3.05) is 12.3 Å². The Labute approximate surface area is 153 Å². The molecule has 0 saturated carbocycles. The first-order valence-electron chi connectivity index (χ1n) is 7.45. The van der Waals surface area contributed by atoms with E-state index in [2.05, 4.69) is 31.5 Å². The predicted octanol–water partition coefficient (Wildman–Crippen LogP) is 3.21. The first-order valence-corrected chi connectivity index (χ1v) is 9.23. The van der Waals surface area contributed by atoms with Crippen LogP contribution in [0.25, 0.3) is 5.69 Å². The molecule has 3 amide bonds. The standard InChI is InChI=1S/C16H19BrN4O2S/c1-11(2)9-19-15(23)20-14(22)10-24-16-18-7-8-21(16)13-5-3-12(17)4-6-13/h3-8,11H,9-10H2,1-2H3,(H2,19,20,22,23). The first kappa shape index (κ1) is 18.5. The highest BCUT2D eigenvalue weighted by atomic mass is 79.9. The van der Waals surface area contributed by atoms with Gasteiger partial charge in [-0.1, -0.05) is 41.5 Å². The van der Waals surface area contributed by atoms with E-state index >= 15 is 0 Å². The van der Waals surface area contributed by atoms with Crippen molar-refractivity contribution < 1.29 is 9.59 Å². The van der Waals surface area contributed by atoms with Crippen LogP contribution in [0, 0.1) is 5.92 Å². The van der Waals surface area contributed by atoms with Gasteiger partial charge in [0.1, 0.15) is 0 Å². The van der Waals surface area contributed by atoms with Crippen molar-refractivity contribution >= 4 is 39.6 Å². The summed E-state index contributed by atoms with van der Waals surface area (Å²) in [7, 11) is 0. The minimum Gasteiger partial charge on any atom is -0.338 e. The Morgan fingerprint density at radius 2 is 2.00 bits per heavy atom. The van der Waals surface area contributed by atoms with Gasteiger partial charge in [0.25, 0.3) is 0 Å². The number of imidazole rings is 1. The Balaban J connectivity index is 1.89. The molecule has 0 fully saturated rings. The molecule has 2 N–H and O–H groups in total. The summed E-state index contributed by atoms with van der Waals surface area (Å²) in [6.07, 6.45) is 3.51. The normalized spacial score (nSPS) is 10.7. The molecule has 0 unspecified atom stereocenters. The van der Waals surface area contributed by atoms with Crippen molar-refractivity contribution in [2.45, 2.75) is 19.0 Å². The van der Waals surface area contributed by atoms with E-state index in [1.54, 1.807) is 6.20 Å². The Bertz CT molecular complexity index is 700. The Kier molecular flexibility index (Phi) is 6.86. The Morgan fingerprint density at radius 3 is 2.67 bits per heavy atom. The summed E-state index contributed by atoms with van der Waals surface area (Å²) in [4.78, 5) is 27.7. The van der Waals surface area contributed by atoms with Crippen molar-refractivity contribution in [3.63, 3.8) is 0 Å². The molecule has 1 aromatic carbocycles. The van der Waals surface area contributed by atoms with E-state index in [0.717, 1.165) is 10.2 Å². The molecule has 1 heterocycles. The van der Waals surface area contributed by atoms with Crippen molar-refractivity contribution in [3.8, 4) is 5.69 Å². The van der Waals surface area contributed by atoms with Gasteiger partial charge in [-0.3, -0.25) is 14.7 Å². The van der Waals surface area contributed by atoms with Crippen LogP contribution in [0.1, 0.15) is 13.8 Å². The second-order valence-corrected chi connectivity index (χ2v) is 7.36. The number of nitrogens with zero attached hydrogens (tertiary/aromatic N) is 2. The van der Waals surface area contributed by atoms with Crippen LogP contribution in [0.5, 0.6) is 0 Å². The van der Waals surface area contributed by atoms with E-state index in [0.29, 0.717) is 17.6 Å². The van der Waals surface area contributed by atoms with E-state index in [1.165, 1.54) is 11.8 Å². The molecule has 6 nitrogen and oxygen atoms in total. The second kappa shape index (κ2) is 8.89. The summed E-state index contributed by atoms with van der Waals surface area (Å²) in [5.74, 6) is 0.0908. The SMILES string of the molecule is CC(C)CNC(=O)NC(=O)CSc1nccn1-c1ccc(Br)cc1. The third-order valence-electron chi connectivity index (χ3n) is 2.97. The van der Waals surface area contributed by atoms with Crippen LogP contribution in [0.3, 0.4) is 0 Å². The number of halogens is 1. The number of carbonyl (C=O) groups is 2. The number of imide groups is 1. The summed E-state index contributed by atoms with van der Waals surface area (Å²) in [5.41, 5.74) is 0.952. The summed E-state index contributed by atoms with van der Waals surface area (Å²) >= 11 is 4.68. The summed E-state index contributed by atoms with van der Waals surface area (Å²) in [6, 6.07) is 7.32. The molecule has 8 heteroatoms. The third kappa shape index (κ3) is 5.68. The number of thioether (sulfide) groups is 1. The average molecular weight is 411 g/mol. The number of hydrogen-bond acceptors (Lipinski definition) is 4. The summed E-state index contributed by atoms with van der Waals surface area (Å²) in [6.45, 7) is 4.50. The van der Waals surface area contributed by atoms with Crippen molar-refractivity contribution in [1.29, 1.82) is 0 Å². The van der Waals surface area contributed by atoms with Gasteiger partial charge in [-0.05, 0) is 30.2 Å². The van der Waals surface area contributed by atoms with Gasteiger partial charge in [0.15, 0.2) is 5.16 Å². The lowest BCUT2D eigenvalue weighted by molar-refractivity contribution is -0.117. The minimum atomic E-state index is -0.467. The lowest BCUT2D eigenvalue weighted by atomic mass is 10.2. The molecule has 128 valence electrons. The van der Waals surface area contributed by atoms with Crippen molar-refractivity contribution in [1.82, 2.24) is 20.2 Å². The topological polar surface area (TPSA) is 76.0 Å². The number of urea groups is 1. The largest absolute Gasteiger partial charge is 0.338 e. The van der Waals surface area contributed by atoms with E-state index in [9.17, 15) is 9.59 Å². The molecule has 0 aliphatic carbocycles. The van der Waals surface area contributed by atoms with Crippen molar-refractivity contribution in [3.05, 3.63) is 41.1 Å². The van der Waals surface area contributed by atoms with Gasteiger partial charge < -0.3 is 5.32 Å². The number of carbonyl (C=O) groups excluding carboxylic acids is 2. The molecular weight excluding hydrogens is 392 g/mol. The second-order valence-electron chi connectivity index (χ2n) is 5.50. The molecular formula is C16H19BrN4O2S. The fourth-order valence-corrected chi connectivity index (χ4v) is 2.87. The molecule has 0 saturated heterocycles. The highest BCUT2D eigenvalue weighted by Gasteiger charge is 2.11. The van der Waals surface area contributed by atoms with Gasteiger partial charge in [-0.25, -0.2) is 9.78 Å². The smallest absolute Gasteiger partial charge is 0.321 e. The molecule has 0 bridgehead atoms. The van der Waals surface area contributed by atoms with Gasteiger partial charge in [0.2, 0.25) is 5.91 Å². The maximum Gasteiger partial charge on any atom is 0.321 e. The zero-order valence-corrected chi connectivity index (χ0v) is 15.9. The average Bonchev–Trinajstić information content (AvgIpc) is 3.00. The van der Waals surface area contributed by atoms with E-state index < -0.39 is 6.03 Å². The van der Waals surface area contributed by atoms with Gasteiger partial charge in [0.05, 0.1) is 5.75 Å². The molecule has 1 aromatic heterocycles. The molecule has 0 radical (unpaired) electrons. The lowest BCUT2D eigenvalue weighted by Gasteiger charge is -2.09. The molecule has 0 spiro atoms. The number of rotatable bonds is 6. The Morgan fingerprint density at radius 1 is 1.29 bits per heavy atom. The fraction of sp³-hybridized carbons (Fsp3) is 0.312. The molecule has 0 aliphatic heterocycles. The number of hydrogen-bond donors (Lipinski definition) is 2. The monoisotopic (exact) mass is 410 g/mol. The van der Waals surface area contributed by atoms with Crippen LogP contribution in [-0.2, 0) is 4.79 Å². The van der Waals surface area contributed by atoms with E-state index in [-0.39, 0.29) is 11.7 Å². The minimum absolute atomic E-state index is 0.114. The van der Waals surface area contributed by atoms with Crippen LogP contribution < -0.4 is 10.6 Å².